The predicted molar refractivity (Wildman–Crippen MR) is 102 cm³/mol. The number of urea groups is 1. The van der Waals surface area contributed by atoms with E-state index in [1.807, 2.05) is 0 Å². The van der Waals surface area contributed by atoms with Crippen molar-refractivity contribution in [3.05, 3.63) is 29.8 Å². The Balaban J connectivity index is 2.14. The van der Waals surface area contributed by atoms with Gasteiger partial charge in [-0.2, -0.15) is 4.99 Å². The molecule has 0 bridgehead atoms. The van der Waals surface area contributed by atoms with E-state index < -0.39 is 45.3 Å². The van der Waals surface area contributed by atoms with E-state index in [1.54, 1.807) is 4.72 Å². The molecular formula is C16H19N5O8S. The van der Waals surface area contributed by atoms with Crippen molar-refractivity contribution in [3.63, 3.8) is 0 Å². The second-order valence-corrected chi connectivity index (χ2v) is 7.50. The van der Waals surface area contributed by atoms with E-state index in [4.69, 9.17) is 9.84 Å². The van der Waals surface area contributed by atoms with Gasteiger partial charge in [-0.1, -0.05) is 12.1 Å². The minimum atomic E-state index is -4.44. The maximum Gasteiger partial charge on any atom is 0.339 e. The molecule has 14 heteroatoms. The zero-order valence-corrected chi connectivity index (χ0v) is 16.9. The highest BCUT2D eigenvalue weighted by molar-refractivity contribution is 7.90. The van der Waals surface area contributed by atoms with Gasteiger partial charge in [0.15, 0.2) is 6.10 Å². The Kier molecular flexibility index (Phi) is 7.07. The SMILES string of the molecule is COC(=O)c1ccccc1S(=O)(=O)NC(=O)NC1=NC(OC(C)C(=O)O)N(C)C=N1. The van der Waals surface area contributed by atoms with Gasteiger partial charge in [-0.15, -0.1) is 0 Å². The number of guanidine groups is 1. The van der Waals surface area contributed by atoms with E-state index in [-0.39, 0.29) is 11.5 Å². The van der Waals surface area contributed by atoms with Crippen LogP contribution in [-0.4, -0.2) is 75.3 Å². The molecule has 13 nitrogen and oxygen atoms in total. The first-order valence-electron chi connectivity index (χ1n) is 8.28. The van der Waals surface area contributed by atoms with E-state index >= 15 is 0 Å². The Labute approximate surface area is 171 Å². The number of carboxylic acids is 1. The summed E-state index contributed by atoms with van der Waals surface area (Å²) in [4.78, 5) is 43.4. The first-order valence-corrected chi connectivity index (χ1v) is 9.77. The minimum absolute atomic E-state index is 0.258. The number of aliphatic carboxylic acids is 1. The zero-order chi connectivity index (χ0) is 22.5. The summed E-state index contributed by atoms with van der Waals surface area (Å²) in [6.07, 6.45) is -1.10. The van der Waals surface area contributed by atoms with Crippen LogP contribution in [0.2, 0.25) is 0 Å². The number of ether oxygens (including phenoxy) is 2. The van der Waals surface area contributed by atoms with Crippen LogP contribution >= 0.6 is 0 Å². The van der Waals surface area contributed by atoms with Crippen LogP contribution in [0, 0.1) is 0 Å². The Morgan fingerprint density at radius 2 is 1.93 bits per heavy atom. The number of carbonyl (C=O) groups excluding carboxylic acids is 2. The normalized spacial score (nSPS) is 17.0. The molecule has 2 atom stereocenters. The maximum atomic E-state index is 12.5. The number of hydrogen-bond donors (Lipinski definition) is 3. The summed E-state index contributed by atoms with van der Waals surface area (Å²) in [6.45, 7) is 1.29. The Morgan fingerprint density at radius 3 is 2.57 bits per heavy atom. The highest BCUT2D eigenvalue weighted by Crippen LogP contribution is 2.16. The van der Waals surface area contributed by atoms with Crippen molar-refractivity contribution < 1.29 is 37.4 Å². The lowest BCUT2D eigenvalue weighted by Gasteiger charge is -2.27. The number of amides is 2. The van der Waals surface area contributed by atoms with E-state index in [2.05, 4.69) is 20.0 Å². The molecular weight excluding hydrogens is 422 g/mol. The number of rotatable bonds is 6. The molecule has 1 aliphatic rings. The highest BCUT2D eigenvalue weighted by atomic mass is 32.2. The third-order valence-corrected chi connectivity index (χ3v) is 5.04. The number of benzene rings is 1. The van der Waals surface area contributed by atoms with Gasteiger partial charge in [0.05, 0.1) is 19.0 Å². The van der Waals surface area contributed by atoms with Crippen LogP contribution in [0.5, 0.6) is 0 Å². The van der Waals surface area contributed by atoms with E-state index in [9.17, 15) is 22.8 Å². The van der Waals surface area contributed by atoms with Crippen LogP contribution in [0.3, 0.4) is 0 Å². The first-order chi connectivity index (χ1) is 14.0. The van der Waals surface area contributed by atoms with E-state index in [0.717, 1.165) is 13.2 Å². The van der Waals surface area contributed by atoms with Crippen LogP contribution < -0.4 is 10.0 Å². The number of sulfonamides is 1. The first kappa shape index (κ1) is 22.8. The number of methoxy groups -OCH3 is 1. The van der Waals surface area contributed by atoms with Gasteiger partial charge in [0.25, 0.3) is 10.0 Å². The molecule has 2 rings (SSSR count). The van der Waals surface area contributed by atoms with Gasteiger partial charge in [0, 0.05) is 7.05 Å². The lowest BCUT2D eigenvalue weighted by Crippen LogP contribution is -2.46. The molecule has 3 N–H and O–H groups in total. The minimum Gasteiger partial charge on any atom is -0.479 e. The lowest BCUT2D eigenvalue weighted by atomic mass is 10.2. The van der Waals surface area contributed by atoms with Crippen molar-refractivity contribution in [1.82, 2.24) is 14.9 Å². The predicted octanol–water partition coefficient (Wildman–Crippen LogP) is -0.436. The van der Waals surface area contributed by atoms with Crippen molar-refractivity contribution in [2.45, 2.75) is 24.3 Å². The molecule has 0 radical (unpaired) electrons. The van der Waals surface area contributed by atoms with Crippen LogP contribution in [0.1, 0.15) is 17.3 Å². The average Bonchev–Trinajstić information content (AvgIpc) is 2.69. The molecule has 0 saturated carbocycles. The van der Waals surface area contributed by atoms with Gasteiger partial charge >= 0.3 is 18.0 Å². The lowest BCUT2D eigenvalue weighted by molar-refractivity contribution is -0.156. The number of carbonyl (C=O) groups is 3. The summed E-state index contributed by atoms with van der Waals surface area (Å²) >= 11 is 0. The van der Waals surface area contributed by atoms with Crippen LogP contribution in [0.15, 0.2) is 39.1 Å². The summed E-state index contributed by atoms with van der Waals surface area (Å²) in [5.74, 6) is -2.43. The fraction of sp³-hybridized carbons (Fsp3) is 0.312. The quantitative estimate of drug-likeness (QED) is 0.494. The molecule has 0 fully saturated rings. The molecule has 0 aliphatic carbocycles. The molecule has 1 aromatic carbocycles. The summed E-state index contributed by atoms with van der Waals surface area (Å²) in [7, 11) is -1.84. The van der Waals surface area contributed by atoms with Crippen molar-refractivity contribution in [3.8, 4) is 0 Å². The fourth-order valence-corrected chi connectivity index (χ4v) is 3.25. The summed E-state index contributed by atoms with van der Waals surface area (Å²) < 4.78 is 36.5. The molecule has 30 heavy (non-hydrogen) atoms. The molecule has 1 heterocycles. The van der Waals surface area contributed by atoms with E-state index in [0.29, 0.717) is 0 Å². The molecule has 2 amide bonds. The van der Waals surface area contributed by atoms with Crippen molar-refractivity contribution in [2.24, 2.45) is 9.98 Å². The van der Waals surface area contributed by atoms with Gasteiger partial charge in [0.1, 0.15) is 4.90 Å². The maximum absolute atomic E-state index is 12.5. The smallest absolute Gasteiger partial charge is 0.339 e. The fourth-order valence-electron chi connectivity index (χ4n) is 2.15. The molecule has 0 aromatic heterocycles. The Hall–Kier alpha value is -3.52. The average molecular weight is 441 g/mol. The summed E-state index contributed by atoms with van der Waals surface area (Å²) in [5, 5.41) is 11.0. The number of hydrogen-bond acceptors (Lipinski definition) is 10. The van der Waals surface area contributed by atoms with Gasteiger partial charge in [-0.3, -0.25) is 5.32 Å². The molecule has 1 aromatic rings. The monoisotopic (exact) mass is 441 g/mol. The Morgan fingerprint density at radius 1 is 1.27 bits per heavy atom. The van der Waals surface area contributed by atoms with Crippen molar-refractivity contribution in [1.29, 1.82) is 0 Å². The second kappa shape index (κ2) is 9.32. The van der Waals surface area contributed by atoms with Gasteiger partial charge in [-0.25, -0.2) is 32.5 Å². The molecule has 0 saturated heterocycles. The van der Waals surface area contributed by atoms with Gasteiger partial charge in [0.2, 0.25) is 12.3 Å². The number of carboxylic acid groups (broad SMARTS) is 1. The molecule has 2 unspecified atom stereocenters. The third-order valence-electron chi connectivity index (χ3n) is 3.65. The van der Waals surface area contributed by atoms with Crippen molar-refractivity contribution in [2.75, 3.05) is 14.2 Å². The van der Waals surface area contributed by atoms with Crippen molar-refractivity contribution >= 4 is 40.3 Å². The summed E-state index contributed by atoms with van der Waals surface area (Å²) in [5.41, 5.74) is -0.258. The molecule has 162 valence electrons. The number of aliphatic imine (C=N–C) groups is 2. The largest absolute Gasteiger partial charge is 0.479 e. The van der Waals surface area contributed by atoms with Gasteiger partial charge in [-0.05, 0) is 19.1 Å². The molecule has 0 spiro atoms. The van der Waals surface area contributed by atoms with Gasteiger partial charge < -0.3 is 19.5 Å². The second-order valence-electron chi connectivity index (χ2n) is 5.85. The van der Waals surface area contributed by atoms with E-state index in [1.165, 1.54) is 43.4 Å². The molecule has 1 aliphatic heterocycles. The summed E-state index contributed by atoms with van der Waals surface area (Å²) in [6, 6.07) is 3.96. The number of nitrogens with one attached hydrogen (secondary N) is 2. The highest BCUT2D eigenvalue weighted by Gasteiger charge is 2.27. The zero-order valence-electron chi connectivity index (χ0n) is 16.1. The Bertz CT molecular complexity index is 1010. The standard InChI is InChI=1S/C16H19N5O8S/c1-9(12(22)23)29-16-19-14(17-8-21(16)2)18-15(25)20-30(26,27)11-7-5-4-6-10(11)13(24)28-3/h4-9,16H,1-3H3,(H,22,23)(H2,18,19,20,25). The van der Waals surface area contributed by atoms with Crippen LogP contribution in [0.4, 0.5) is 4.79 Å². The number of nitrogens with zero attached hydrogens (tertiary/aromatic N) is 3. The number of esters is 1. The third kappa shape index (κ3) is 5.51. The van der Waals surface area contributed by atoms with Crippen LogP contribution in [-0.2, 0) is 24.3 Å². The van der Waals surface area contributed by atoms with Crippen LogP contribution in [0.25, 0.3) is 0 Å². The topological polar surface area (TPSA) is 176 Å².